The van der Waals surface area contributed by atoms with E-state index in [-0.39, 0.29) is 16.9 Å². The van der Waals surface area contributed by atoms with E-state index in [4.69, 9.17) is 21.6 Å². The van der Waals surface area contributed by atoms with Crippen molar-refractivity contribution >= 4 is 11.6 Å². The second-order valence-electron chi connectivity index (χ2n) is 6.62. The first-order valence-electron chi connectivity index (χ1n) is 6.57. The topological polar surface area (TPSA) is 33.0 Å². The Morgan fingerprint density at radius 2 is 1.79 bits per heavy atom. The second-order valence-corrected chi connectivity index (χ2v) is 7.02. The van der Waals surface area contributed by atoms with Gasteiger partial charge >= 0.3 is 0 Å². The molecule has 0 heterocycles. The van der Waals surface area contributed by atoms with Crippen molar-refractivity contribution in [3.8, 4) is 11.8 Å². The number of hydrogen-bond acceptors (Lipinski definition) is 2. The fraction of sp³-hybridized carbons (Fsp3) is 0.562. The molecule has 1 aliphatic rings. The van der Waals surface area contributed by atoms with Gasteiger partial charge in [0.15, 0.2) is 0 Å². The monoisotopic (exact) mass is 277 g/mol. The first-order valence-corrected chi connectivity index (χ1v) is 6.95. The number of hydrogen-bond donors (Lipinski definition) is 0. The molecule has 0 bridgehead atoms. The van der Waals surface area contributed by atoms with Crippen LogP contribution in [0.1, 0.15) is 40.2 Å². The van der Waals surface area contributed by atoms with Crippen LogP contribution in [0.5, 0.6) is 5.75 Å². The molecule has 0 N–H and O–H groups in total. The maximum absolute atomic E-state index is 8.87. The highest BCUT2D eigenvalue weighted by atomic mass is 35.5. The lowest BCUT2D eigenvalue weighted by Gasteiger charge is -2.62. The minimum Gasteiger partial charge on any atom is -0.489 e. The van der Waals surface area contributed by atoms with Crippen molar-refractivity contribution in [2.75, 3.05) is 0 Å². The van der Waals surface area contributed by atoms with Crippen molar-refractivity contribution in [3.05, 3.63) is 28.8 Å². The number of ether oxygens (including phenoxy) is 1. The van der Waals surface area contributed by atoms with E-state index in [0.717, 1.165) is 5.75 Å². The fourth-order valence-corrected chi connectivity index (χ4v) is 3.59. The summed E-state index contributed by atoms with van der Waals surface area (Å²) in [7, 11) is 0. The molecule has 0 radical (unpaired) electrons. The van der Waals surface area contributed by atoms with Crippen molar-refractivity contribution < 1.29 is 4.74 Å². The highest BCUT2D eigenvalue weighted by Crippen LogP contribution is 2.59. The van der Waals surface area contributed by atoms with Gasteiger partial charge in [-0.05, 0) is 18.1 Å². The van der Waals surface area contributed by atoms with Gasteiger partial charge in [0, 0.05) is 16.9 Å². The minimum absolute atomic E-state index is 0.143. The van der Waals surface area contributed by atoms with E-state index in [1.807, 2.05) is 6.07 Å². The molecular formula is C16H20ClNO. The fourth-order valence-electron chi connectivity index (χ4n) is 3.38. The molecule has 2 nitrogen and oxygen atoms in total. The molecule has 0 unspecified atom stereocenters. The van der Waals surface area contributed by atoms with Crippen LogP contribution >= 0.6 is 11.6 Å². The number of rotatable bonds is 2. The summed E-state index contributed by atoms with van der Waals surface area (Å²) in [4.78, 5) is 0. The molecule has 3 heteroatoms. The summed E-state index contributed by atoms with van der Waals surface area (Å²) in [6.45, 7) is 11.2. The molecule has 0 spiro atoms. The Bertz CT molecular complexity index is 526. The summed E-state index contributed by atoms with van der Waals surface area (Å²) in [5, 5.41) is 9.32. The normalized spacial score (nSPS) is 27.2. The minimum atomic E-state index is 0.143. The van der Waals surface area contributed by atoms with Crippen LogP contribution in [0.15, 0.2) is 18.2 Å². The molecule has 2 rings (SSSR count). The molecule has 0 saturated heterocycles. The highest BCUT2D eigenvalue weighted by Gasteiger charge is 2.61. The molecule has 0 aromatic heterocycles. The van der Waals surface area contributed by atoms with Crippen LogP contribution in [0.4, 0.5) is 0 Å². The van der Waals surface area contributed by atoms with Gasteiger partial charge in [-0.15, -0.1) is 0 Å². The smallest absolute Gasteiger partial charge is 0.121 e. The number of halogens is 1. The van der Waals surface area contributed by atoms with Crippen LogP contribution in [-0.2, 0) is 0 Å². The van der Waals surface area contributed by atoms with Crippen molar-refractivity contribution in [1.82, 2.24) is 0 Å². The van der Waals surface area contributed by atoms with Gasteiger partial charge in [-0.2, -0.15) is 5.26 Å². The quantitative estimate of drug-likeness (QED) is 0.787. The van der Waals surface area contributed by atoms with Crippen LogP contribution in [0.25, 0.3) is 0 Å². The van der Waals surface area contributed by atoms with Crippen LogP contribution in [0, 0.1) is 28.1 Å². The lowest BCUT2D eigenvalue weighted by molar-refractivity contribution is -0.190. The van der Waals surface area contributed by atoms with Gasteiger partial charge in [-0.3, -0.25) is 0 Å². The molecule has 1 fully saturated rings. The molecule has 102 valence electrons. The van der Waals surface area contributed by atoms with E-state index in [1.54, 1.807) is 12.1 Å². The summed E-state index contributed by atoms with van der Waals surface area (Å²) in [5.74, 6) is 1.33. The first-order chi connectivity index (χ1) is 8.71. The third-order valence-electron chi connectivity index (χ3n) is 4.90. The lowest BCUT2D eigenvalue weighted by Crippen LogP contribution is -2.64. The zero-order chi connectivity index (χ0) is 14.4. The summed E-state index contributed by atoms with van der Waals surface area (Å²) in [5.41, 5.74) is 0.767. The van der Waals surface area contributed by atoms with Gasteiger partial charge in [0.25, 0.3) is 0 Å². The van der Waals surface area contributed by atoms with Gasteiger partial charge in [0.2, 0.25) is 0 Å². The summed E-state index contributed by atoms with van der Waals surface area (Å²) >= 11 is 6.04. The average molecular weight is 278 g/mol. The Balaban J connectivity index is 2.23. The van der Waals surface area contributed by atoms with Gasteiger partial charge in [0.1, 0.15) is 17.9 Å². The number of nitrogens with zero attached hydrogens (tertiary/aromatic N) is 1. The highest BCUT2D eigenvalue weighted by molar-refractivity contribution is 6.31. The predicted octanol–water partition coefficient (Wildman–Crippen LogP) is 4.66. The van der Waals surface area contributed by atoms with Gasteiger partial charge in [-0.1, -0.05) is 46.2 Å². The van der Waals surface area contributed by atoms with E-state index in [2.05, 4.69) is 40.7 Å². The maximum Gasteiger partial charge on any atom is 0.121 e. The second kappa shape index (κ2) is 4.42. The van der Waals surface area contributed by atoms with Crippen molar-refractivity contribution in [2.45, 2.75) is 40.7 Å². The standard InChI is InChI=1S/C16H20ClNO/c1-10-15(2,3)14(16(10,4)5)19-12-7-6-11(9-18)13(17)8-12/h6-8,10,14H,1-5H3. The molecule has 19 heavy (non-hydrogen) atoms. The summed E-state index contributed by atoms with van der Waals surface area (Å²) in [6.07, 6.45) is 0.152. The predicted molar refractivity (Wildman–Crippen MR) is 77.3 cm³/mol. The van der Waals surface area contributed by atoms with E-state index in [9.17, 15) is 0 Å². The average Bonchev–Trinajstić information content (AvgIpc) is 2.34. The van der Waals surface area contributed by atoms with Crippen molar-refractivity contribution in [1.29, 1.82) is 5.26 Å². The van der Waals surface area contributed by atoms with E-state index in [0.29, 0.717) is 16.5 Å². The van der Waals surface area contributed by atoms with E-state index in [1.165, 1.54) is 0 Å². The molecule has 0 aliphatic heterocycles. The third-order valence-corrected chi connectivity index (χ3v) is 5.21. The van der Waals surface area contributed by atoms with Crippen LogP contribution in [-0.4, -0.2) is 6.10 Å². The molecule has 0 atom stereocenters. The summed E-state index contributed by atoms with van der Waals surface area (Å²) < 4.78 is 6.14. The van der Waals surface area contributed by atoms with Gasteiger partial charge in [0.05, 0.1) is 10.6 Å². The molecule has 1 aromatic rings. The van der Waals surface area contributed by atoms with Crippen LogP contribution in [0.3, 0.4) is 0 Å². The largest absolute Gasteiger partial charge is 0.489 e. The molecule has 1 saturated carbocycles. The Labute approximate surface area is 120 Å². The summed E-state index contributed by atoms with van der Waals surface area (Å²) in [6, 6.07) is 7.31. The molecular weight excluding hydrogens is 258 g/mol. The zero-order valence-corrected chi connectivity index (χ0v) is 12.9. The number of nitriles is 1. The Morgan fingerprint density at radius 1 is 1.21 bits per heavy atom. The molecule has 0 amide bonds. The van der Waals surface area contributed by atoms with E-state index < -0.39 is 0 Å². The zero-order valence-electron chi connectivity index (χ0n) is 12.1. The van der Waals surface area contributed by atoms with Gasteiger partial charge in [-0.25, -0.2) is 0 Å². The number of benzene rings is 1. The third kappa shape index (κ3) is 2.11. The van der Waals surface area contributed by atoms with Crippen molar-refractivity contribution in [3.63, 3.8) is 0 Å². The van der Waals surface area contributed by atoms with Gasteiger partial charge < -0.3 is 4.74 Å². The SMILES string of the molecule is CC1C(C)(C)C(Oc2ccc(C#N)c(Cl)c2)C1(C)C. The lowest BCUT2D eigenvalue weighted by atomic mass is 9.46. The Kier molecular flexibility index (Phi) is 3.31. The first kappa shape index (κ1) is 14.2. The maximum atomic E-state index is 8.87. The Morgan fingerprint density at radius 3 is 2.26 bits per heavy atom. The van der Waals surface area contributed by atoms with Crippen molar-refractivity contribution in [2.24, 2.45) is 16.7 Å². The molecule has 1 aliphatic carbocycles. The molecule has 1 aromatic carbocycles. The van der Waals surface area contributed by atoms with E-state index >= 15 is 0 Å². The Hall–Kier alpha value is -1.20. The van der Waals surface area contributed by atoms with Crippen LogP contribution in [0.2, 0.25) is 5.02 Å². The van der Waals surface area contributed by atoms with Crippen LogP contribution < -0.4 is 4.74 Å².